The maximum absolute atomic E-state index is 13.7. The molecule has 2 heterocycles. The number of pyridine rings is 1. The number of anilines is 1. The summed E-state index contributed by atoms with van der Waals surface area (Å²) in [5.74, 6) is -2.14. The third-order valence-electron chi connectivity index (χ3n) is 3.78. The van der Waals surface area contributed by atoms with Gasteiger partial charge in [-0.3, -0.25) is 14.5 Å². The van der Waals surface area contributed by atoms with Crippen molar-refractivity contribution in [1.29, 1.82) is 0 Å². The zero-order valence-corrected chi connectivity index (χ0v) is 15.0. The van der Waals surface area contributed by atoms with Crippen LogP contribution < -0.4 is 10.1 Å². The fraction of sp³-hybridized carbons (Fsp3) is 0.167. The molecule has 0 aliphatic carbocycles. The van der Waals surface area contributed by atoms with Crippen LogP contribution in [0.4, 0.5) is 32.0 Å². The Bertz CT molecular complexity index is 1060. The number of para-hydroxylation sites is 1. The minimum atomic E-state index is -5.03. The van der Waals surface area contributed by atoms with Crippen LogP contribution in [0.3, 0.4) is 0 Å². The van der Waals surface area contributed by atoms with Crippen LogP contribution in [0.15, 0.2) is 48.7 Å². The molecule has 0 fully saturated rings. The zero-order chi connectivity index (χ0) is 22.1. The van der Waals surface area contributed by atoms with E-state index >= 15 is 0 Å². The van der Waals surface area contributed by atoms with E-state index in [-0.39, 0.29) is 11.4 Å². The van der Waals surface area contributed by atoms with E-state index in [0.717, 1.165) is 19.3 Å². The zero-order valence-electron chi connectivity index (χ0n) is 15.0. The lowest BCUT2D eigenvalue weighted by Gasteiger charge is -2.12. The summed E-state index contributed by atoms with van der Waals surface area (Å²) in [7, 11) is 1.08. The molecule has 0 unspecified atom stereocenters. The van der Waals surface area contributed by atoms with Crippen LogP contribution in [0.5, 0.6) is 11.6 Å². The Balaban J connectivity index is 1.98. The van der Waals surface area contributed by atoms with E-state index in [4.69, 9.17) is 4.74 Å². The van der Waals surface area contributed by atoms with Crippen molar-refractivity contribution in [2.24, 2.45) is 7.05 Å². The topological polar surface area (TPSA) is 69.0 Å². The highest BCUT2D eigenvalue weighted by Crippen LogP contribution is 2.40. The second kappa shape index (κ2) is 7.69. The van der Waals surface area contributed by atoms with Crippen molar-refractivity contribution in [1.82, 2.24) is 14.8 Å². The second-order valence-electron chi connectivity index (χ2n) is 5.95. The van der Waals surface area contributed by atoms with Crippen LogP contribution in [-0.4, -0.2) is 20.7 Å². The highest BCUT2D eigenvalue weighted by atomic mass is 19.4. The number of aryl methyl sites for hydroxylation is 1. The van der Waals surface area contributed by atoms with Gasteiger partial charge in [-0.15, -0.1) is 5.10 Å². The number of rotatable bonds is 4. The van der Waals surface area contributed by atoms with Gasteiger partial charge in [0, 0.05) is 18.9 Å². The third-order valence-corrected chi connectivity index (χ3v) is 3.78. The van der Waals surface area contributed by atoms with Gasteiger partial charge in [0.15, 0.2) is 5.56 Å². The molecule has 12 heteroatoms. The second-order valence-corrected chi connectivity index (χ2v) is 5.95. The lowest BCUT2D eigenvalue weighted by atomic mass is 10.2. The number of alkyl halides is 6. The van der Waals surface area contributed by atoms with Crippen LogP contribution in [0, 0.1) is 0 Å². The summed E-state index contributed by atoms with van der Waals surface area (Å²) in [5, 5.41) is 5.62. The van der Waals surface area contributed by atoms with E-state index < -0.39 is 41.1 Å². The monoisotopic (exact) mass is 430 g/mol. The van der Waals surface area contributed by atoms with Crippen molar-refractivity contribution in [2.45, 2.75) is 12.4 Å². The minimum Gasteiger partial charge on any atom is -0.437 e. The van der Waals surface area contributed by atoms with Gasteiger partial charge in [-0.2, -0.15) is 26.3 Å². The Morgan fingerprint density at radius 2 is 1.70 bits per heavy atom. The molecule has 0 atom stereocenters. The first-order valence-corrected chi connectivity index (χ1v) is 8.18. The molecule has 3 rings (SSSR count). The molecule has 158 valence electrons. The first kappa shape index (κ1) is 21.1. The molecule has 0 aliphatic rings. The smallest absolute Gasteiger partial charge is 0.433 e. The Morgan fingerprint density at radius 3 is 2.30 bits per heavy atom. The van der Waals surface area contributed by atoms with Crippen molar-refractivity contribution in [2.75, 3.05) is 5.32 Å². The molecule has 3 aromatic rings. The summed E-state index contributed by atoms with van der Waals surface area (Å²) < 4.78 is 85.1. The molecule has 0 saturated carbocycles. The summed E-state index contributed by atoms with van der Waals surface area (Å²) in [5.41, 5.74) is -4.09. The Hall–Kier alpha value is -3.57. The molecular weight excluding hydrogens is 418 g/mol. The fourth-order valence-electron chi connectivity index (χ4n) is 2.54. The number of hydrogen-bond donors (Lipinski definition) is 1. The predicted octanol–water partition coefficient (Wildman–Crippen LogP) is 4.90. The molecular formula is C18H12F6N4O2. The van der Waals surface area contributed by atoms with E-state index in [0.29, 0.717) is 10.7 Å². The summed E-state index contributed by atoms with van der Waals surface area (Å²) >= 11 is 0. The molecule has 1 amide bonds. The number of ether oxygens (including phenoxy) is 1. The van der Waals surface area contributed by atoms with Gasteiger partial charge in [-0.05, 0) is 24.3 Å². The van der Waals surface area contributed by atoms with Gasteiger partial charge >= 0.3 is 12.4 Å². The van der Waals surface area contributed by atoms with Gasteiger partial charge in [0.1, 0.15) is 17.1 Å². The average molecular weight is 430 g/mol. The highest BCUT2D eigenvalue weighted by Gasteiger charge is 2.43. The van der Waals surface area contributed by atoms with E-state index in [2.05, 4.69) is 10.1 Å². The number of carbonyl (C=O) groups is 1. The number of hydrogen-bond acceptors (Lipinski definition) is 4. The molecule has 1 aromatic carbocycles. The molecule has 0 saturated heterocycles. The maximum atomic E-state index is 13.7. The number of aromatic nitrogens is 3. The molecule has 0 spiro atoms. The van der Waals surface area contributed by atoms with E-state index in [1.165, 1.54) is 24.3 Å². The average Bonchev–Trinajstić information content (AvgIpc) is 2.98. The van der Waals surface area contributed by atoms with Crippen molar-refractivity contribution in [3.63, 3.8) is 0 Å². The first-order valence-electron chi connectivity index (χ1n) is 8.18. The highest BCUT2D eigenvalue weighted by molar-refractivity contribution is 6.04. The minimum absolute atomic E-state index is 0.0528. The van der Waals surface area contributed by atoms with Crippen LogP contribution in [0.1, 0.15) is 21.7 Å². The lowest BCUT2D eigenvalue weighted by Crippen LogP contribution is -2.21. The fourth-order valence-corrected chi connectivity index (χ4v) is 2.54. The van der Waals surface area contributed by atoms with Gasteiger partial charge < -0.3 is 10.1 Å². The molecule has 6 nitrogen and oxygen atoms in total. The molecule has 0 bridgehead atoms. The number of nitrogens with one attached hydrogen (secondary N) is 1. The number of amides is 1. The Labute approximate surface area is 165 Å². The van der Waals surface area contributed by atoms with Crippen molar-refractivity contribution >= 4 is 11.6 Å². The normalized spacial score (nSPS) is 12.0. The Morgan fingerprint density at radius 1 is 1.03 bits per heavy atom. The van der Waals surface area contributed by atoms with E-state index in [9.17, 15) is 31.1 Å². The van der Waals surface area contributed by atoms with Gasteiger partial charge in [0.2, 0.25) is 0 Å². The van der Waals surface area contributed by atoms with Crippen LogP contribution >= 0.6 is 0 Å². The number of halogens is 6. The Kier molecular flexibility index (Phi) is 5.42. The van der Waals surface area contributed by atoms with Crippen molar-refractivity contribution in [3.05, 3.63) is 65.6 Å². The predicted molar refractivity (Wildman–Crippen MR) is 91.9 cm³/mol. The van der Waals surface area contributed by atoms with Gasteiger partial charge in [0.25, 0.3) is 11.8 Å². The summed E-state index contributed by atoms with van der Waals surface area (Å²) in [6, 6.07) is 8.98. The van der Waals surface area contributed by atoms with Gasteiger partial charge in [-0.25, -0.2) is 0 Å². The molecule has 1 N–H and O–H groups in total. The number of nitrogens with zero attached hydrogens (tertiary/aromatic N) is 3. The third kappa shape index (κ3) is 4.53. The molecule has 0 aliphatic heterocycles. The van der Waals surface area contributed by atoms with E-state index in [1.807, 2.05) is 5.32 Å². The summed E-state index contributed by atoms with van der Waals surface area (Å²) in [6.45, 7) is 0. The van der Waals surface area contributed by atoms with Crippen molar-refractivity contribution < 1.29 is 35.9 Å². The maximum Gasteiger partial charge on any atom is 0.433 e. The molecule has 0 radical (unpaired) electrons. The van der Waals surface area contributed by atoms with Crippen LogP contribution in [0.25, 0.3) is 0 Å². The van der Waals surface area contributed by atoms with Gasteiger partial charge in [-0.1, -0.05) is 18.2 Å². The van der Waals surface area contributed by atoms with Crippen LogP contribution in [0.2, 0.25) is 0 Å². The SMILES string of the molecule is Cn1nc(Oc2ccccc2)c(C(F)(F)F)c1C(=O)Nc1ccnc(C(F)(F)F)c1. The van der Waals surface area contributed by atoms with Crippen molar-refractivity contribution in [3.8, 4) is 11.6 Å². The largest absolute Gasteiger partial charge is 0.437 e. The first-order chi connectivity index (χ1) is 14.0. The van der Waals surface area contributed by atoms with Gasteiger partial charge in [0.05, 0.1) is 0 Å². The quantitative estimate of drug-likeness (QED) is 0.598. The van der Waals surface area contributed by atoms with E-state index in [1.54, 1.807) is 6.07 Å². The molecule has 2 aromatic heterocycles. The van der Waals surface area contributed by atoms with Crippen LogP contribution in [-0.2, 0) is 19.4 Å². The standard InChI is InChI=1S/C18H12F6N4O2/c1-28-14(15(29)26-10-7-8-25-12(9-10)17(19,20)21)13(18(22,23)24)16(27-28)30-11-5-3-2-4-6-11/h2-9H,1H3,(H,25,26,29). The number of carbonyl (C=O) groups excluding carboxylic acids is 1. The summed E-state index contributed by atoms with van der Waals surface area (Å²) in [6.07, 6.45) is -9.04. The summed E-state index contributed by atoms with van der Waals surface area (Å²) in [4.78, 5) is 15.6. The number of benzene rings is 1. The lowest BCUT2D eigenvalue weighted by molar-refractivity contribution is -0.141. The molecule has 30 heavy (non-hydrogen) atoms.